The van der Waals surface area contributed by atoms with Crippen LogP contribution in [0.3, 0.4) is 0 Å². The molecule has 196 valence electrons. The number of anilines is 2. The number of halogens is 6. The predicted molar refractivity (Wildman–Crippen MR) is 125 cm³/mol. The first-order valence-electron chi connectivity index (χ1n) is 10.4. The van der Waals surface area contributed by atoms with Gasteiger partial charge in [-0.3, -0.25) is 10.7 Å². The summed E-state index contributed by atoms with van der Waals surface area (Å²) in [6.07, 6.45) is -8.33. The Kier molecular flexibility index (Phi) is 8.17. The van der Waals surface area contributed by atoms with Crippen molar-refractivity contribution >= 4 is 29.7 Å². The van der Waals surface area contributed by atoms with Gasteiger partial charge >= 0.3 is 18.4 Å². The smallest absolute Gasteiger partial charge is 0.382 e. The zero-order valence-electron chi connectivity index (χ0n) is 18.8. The lowest BCUT2D eigenvalue weighted by molar-refractivity contribution is -0.141. The van der Waals surface area contributed by atoms with E-state index < -0.39 is 30.6 Å². The Morgan fingerprint density at radius 1 is 1.08 bits per heavy atom. The van der Waals surface area contributed by atoms with E-state index >= 15 is 0 Å². The van der Waals surface area contributed by atoms with Crippen LogP contribution in [0.1, 0.15) is 17.1 Å². The van der Waals surface area contributed by atoms with E-state index in [1.165, 1.54) is 18.2 Å². The third-order valence-electron chi connectivity index (χ3n) is 4.71. The summed E-state index contributed by atoms with van der Waals surface area (Å²) in [5.41, 5.74) is 6.72. The number of H-pyrrole nitrogens is 1. The molecule has 0 fully saturated rings. The highest BCUT2D eigenvalue weighted by atomic mass is 19.4. The maximum Gasteiger partial charge on any atom is 0.433 e. The van der Waals surface area contributed by atoms with Crippen molar-refractivity contribution in [3.05, 3.63) is 65.6 Å². The van der Waals surface area contributed by atoms with Crippen molar-refractivity contribution in [2.45, 2.75) is 18.9 Å². The lowest BCUT2D eigenvalue weighted by Crippen LogP contribution is -2.28. The van der Waals surface area contributed by atoms with Gasteiger partial charge in [0.25, 0.3) is 0 Å². The van der Waals surface area contributed by atoms with Gasteiger partial charge in [0.2, 0.25) is 0 Å². The van der Waals surface area contributed by atoms with Crippen LogP contribution in [0.2, 0.25) is 0 Å². The molecule has 15 heteroatoms. The number of aliphatic imine (C=N–C) groups is 1. The number of nitrogens with one attached hydrogen (secondary N) is 5. The number of carbonyl (C=O) groups is 1. The molecule has 2 heterocycles. The van der Waals surface area contributed by atoms with Gasteiger partial charge in [-0.1, -0.05) is 18.2 Å². The van der Waals surface area contributed by atoms with Gasteiger partial charge in [-0.25, -0.2) is 14.8 Å². The molecule has 0 atom stereocenters. The standard InChI is InChI=1S/C22H20F6N8O/c23-21(24,25)10-31-9-14-8-15(18(33-14)19(30)32-11-29)12-4-6-13(7-5-12)34-20(37)36-17-3-1-2-16(35-17)22(26,27)28/h1-8,11,31,33H,9-10H2,(H3,29,30,32)(H2,34,35,36,37). The van der Waals surface area contributed by atoms with Crippen molar-refractivity contribution in [1.82, 2.24) is 15.3 Å². The quantitative estimate of drug-likeness (QED) is 0.144. The lowest BCUT2D eigenvalue weighted by Gasteiger charge is -2.10. The third-order valence-corrected chi connectivity index (χ3v) is 4.71. The molecular weight excluding hydrogens is 506 g/mol. The van der Waals surface area contributed by atoms with Gasteiger partial charge in [0.05, 0.1) is 12.2 Å². The summed E-state index contributed by atoms with van der Waals surface area (Å²) < 4.78 is 75.7. The molecule has 0 aliphatic carbocycles. The maximum atomic E-state index is 12.8. The molecule has 1 aromatic carbocycles. The SMILES string of the molecule is N=C/N=C(/N)c1[nH]c(CNCC(F)(F)F)cc1-c1ccc(NC(=O)Nc2cccc(C(F)(F)F)n2)cc1. The highest BCUT2D eigenvalue weighted by Gasteiger charge is 2.32. The highest BCUT2D eigenvalue weighted by Crippen LogP contribution is 2.29. The van der Waals surface area contributed by atoms with Crippen LogP contribution >= 0.6 is 0 Å². The van der Waals surface area contributed by atoms with Gasteiger partial charge in [-0.05, 0) is 35.9 Å². The number of urea groups is 1. The summed E-state index contributed by atoms with van der Waals surface area (Å²) >= 11 is 0. The number of pyridine rings is 1. The van der Waals surface area contributed by atoms with Crippen molar-refractivity contribution in [1.29, 1.82) is 5.41 Å². The van der Waals surface area contributed by atoms with Gasteiger partial charge in [-0.2, -0.15) is 26.3 Å². The van der Waals surface area contributed by atoms with Gasteiger partial charge in [0.15, 0.2) is 0 Å². The minimum Gasteiger partial charge on any atom is -0.382 e. The lowest BCUT2D eigenvalue weighted by atomic mass is 10.0. The van der Waals surface area contributed by atoms with Crippen LogP contribution in [-0.2, 0) is 12.7 Å². The van der Waals surface area contributed by atoms with Crippen molar-refractivity contribution in [2.75, 3.05) is 17.2 Å². The van der Waals surface area contributed by atoms with Crippen molar-refractivity contribution in [3.63, 3.8) is 0 Å². The summed E-state index contributed by atoms with van der Waals surface area (Å²) in [6, 6.07) is 9.97. The van der Waals surface area contributed by atoms with E-state index in [1.54, 1.807) is 18.2 Å². The third kappa shape index (κ3) is 7.79. The molecule has 0 aliphatic rings. The second-order valence-electron chi connectivity index (χ2n) is 7.51. The van der Waals surface area contributed by atoms with Crippen LogP contribution in [-0.4, -0.2) is 40.9 Å². The predicted octanol–water partition coefficient (Wildman–Crippen LogP) is 4.70. The van der Waals surface area contributed by atoms with Gasteiger partial charge in [-0.15, -0.1) is 0 Å². The van der Waals surface area contributed by atoms with Crippen LogP contribution in [0.4, 0.5) is 42.6 Å². The fourth-order valence-electron chi connectivity index (χ4n) is 3.18. The number of hydrogen-bond acceptors (Lipinski definition) is 4. The topological polar surface area (TPSA) is 144 Å². The molecule has 0 spiro atoms. The number of carbonyl (C=O) groups excluding carboxylic acids is 1. The minimum absolute atomic E-state index is 0.0674. The number of hydrogen-bond donors (Lipinski definition) is 6. The summed E-state index contributed by atoms with van der Waals surface area (Å²) in [5.74, 6) is -0.365. The molecule has 3 aromatic rings. The zero-order valence-corrected chi connectivity index (χ0v) is 18.8. The second-order valence-corrected chi connectivity index (χ2v) is 7.51. The fraction of sp³-hybridized carbons (Fsp3) is 0.182. The number of nitrogens with zero attached hydrogens (tertiary/aromatic N) is 2. The molecule has 0 aliphatic heterocycles. The number of amidine groups is 1. The molecule has 0 radical (unpaired) electrons. The first kappa shape index (κ1) is 27.2. The minimum atomic E-state index is -4.66. The molecule has 0 bridgehead atoms. The van der Waals surface area contributed by atoms with Crippen LogP contribution in [0.25, 0.3) is 11.1 Å². The molecule has 9 nitrogen and oxygen atoms in total. The Bertz CT molecular complexity index is 1280. The number of amides is 2. The normalized spacial score (nSPS) is 12.3. The van der Waals surface area contributed by atoms with Crippen LogP contribution in [0, 0.1) is 5.41 Å². The van der Waals surface area contributed by atoms with Crippen LogP contribution in [0.5, 0.6) is 0 Å². The molecule has 7 N–H and O–H groups in total. The van der Waals surface area contributed by atoms with E-state index in [0.717, 1.165) is 12.1 Å². The zero-order chi connectivity index (χ0) is 27.2. The number of nitrogens with two attached hydrogens (primary N) is 1. The Morgan fingerprint density at radius 2 is 1.78 bits per heavy atom. The molecule has 2 amide bonds. The average molecular weight is 526 g/mol. The van der Waals surface area contributed by atoms with E-state index in [2.05, 4.69) is 30.9 Å². The Hall–Kier alpha value is -4.40. The summed E-state index contributed by atoms with van der Waals surface area (Å²) in [7, 11) is 0. The first-order valence-corrected chi connectivity index (χ1v) is 10.4. The Labute approximate surface area is 205 Å². The van der Waals surface area contributed by atoms with Crippen LogP contribution in [0.15, 0.2) is 53.5 Å². The van der Waals surface area contributed by atoms with Gasteiger partial charge in [0.1, 0.15) is 23.7 Å². The summed E-state index contributed by atoms with van der Waals surface area (Å²) in [5, 5.41) is 14.0. The Morgan fingerprint density at radius 3 is 2.41 bits per heavy atom. The summed E-state index contributed by atoms with van der Waals surface area (Å²) in [4.78, 5) is 22.1. The van der Waals surface area contributed by atoms with Crippen molar-refractivity contribution < 1.29 is 31.1 Å². The monoisotopic (exact) mass is 526 g/mol. The van der Waals surface area contributed by atoms with E-state index in [0.29, 0.717) is 28.8 Å². The van der Waals surface area contributed by atoms with E-state index in [1.807, 2.05) is 0 Å². The Balaban J connectivity index is 1.74. The second kappa shape index (κ2) is 11.1. The van der Waals surface area contributed by atoms with Crippen LogP contribution < -0.4 is 21.7 Å². The van der Waals surface area contributed by atoms with Crippen molar-refractivity contribution in [2.24, 2.45) is 10.7 Å². The van der Waals surface area contributed by atoms with E-state index in [-0.39, 0.29) is 23.9 Å². The summed E-state index contributed by atoms with van der Waals surface area (Å²) in [6.45, 7) is -1.34. The number of rotatable bonds is 8. The molecule has 0 saturated carbocycles. The van der Waals surface area contributed by atoms with E-state index in [9.17, 15) is 31.1 Å². The fourth-order valence-corrected chi connectivity index (χ4v) is 3.18. The van der Waals surface area contributed by atoms with Gasteiger partial charge < -0.3 is 21.4 Å². The largest absolute Gasteiger partial charge is 0.433 e. The maximum absolute atomic E-state index is 12.8. The highest BCUT2D eigenvalue weighted by molar-refractivity contribution is 6.05. The van der Waals surface area contributed by atoms with E-state index in [4.69, 9.17) is 11.1 Å². The molecular formula is C22H20F6N8O. The molecule has 3 rings (SSSR count). The van der Waals surface area contributed by atoms with Crippen molar-refractivity contribution in [3.8, 4) is 11.1 Å². The molecule has 0 saturated heterocycles. The number of alkyl halides is 6. The number of aromatic amines is 1. The first-order chi connectivity index (χ1) is 17.4. The number of aromatic nitrogens is 2. The molecule has 0 unspecified atom stereocenters. The van der Waals surface area contributed by atoms with Gasteiger partial charge in [0, 0.05) is 23.5 Å². The average Bonchev–Trinajstić information content (AvgIpc) is 3.23. The number of benzene rings is 1. The molecule has 37 heavy (non-hydrogen) atoms. The molecule has 2 aromatic heterocycles.